The topological polar surface area (TPSA) is 60.2 Å². The van der Waals surface area contributed by atoms with Crippen molar-refractivity contribution in [2.75, 3.05) is 6.54 Å². The molecule has 2 unspecified atom stereocenters. The average Bonchev–Trinajstić information content (AvgIpc) is 2.66. The van der Waals surface area contributed by atoms with Crippen molar-refractivity contribution in [2.24, 2.45) is 11.7 Å². The Balaban J connectivity index is 2.22. The molecule has 0 heterocycles. The van der Waals surface area contributed by atoms with E-state index in [9.17, 15) is 8.42 Å². The Kier molecular flexibility index (Phi) is 5.22. The van der Waals surface area contributed by atoms with Gasteiger partial charge in [-0.1, -0.05) is 43.5 Å². The third-order valence-corrected chi connectivity index (χ3v) is 6.73. The first-order valence-corrected chi connectivity index (χ1v) is 9.22. The van der Waals surface area contributed by atoms with Gasteiger partial charge >= 0.3 is 0 Å². The van der Waals surface area contributed by atoms with Gasteiger partial charge in [-0.2, -0.15) is 0 Å². The molecule has 1 aromatic carbocycles. The molecule has 1 aliphatic rings. The number of aryl methyl sites for hydroxylation is 1. The highest BCUT2D eigenvalue weighted by Gasteiger charge is 2.33. The molecule has 0 saturated heterocycles. The van der Waals surface area contributed by atoms with E-state index in [0.29, 0.717) is 6.54 Å². The Morgan fingerprint density at radius 3 is 2.55 bits per heavy atom. The van der Waals surface area contributed by atoms with Crippen LogP contribution in [0.5, 0.6) is 0 Å². The summed E-state index contributed by atoms with van der Waals surface area (Å²) in [6, 6.07) is 7.74. The Morgan fingerprint density at radius 2 is 1.85 bits per heavy atom. The van der Waals surface area contributed by atoms with E-state index >= 15 is 0 Å². The highest BCUT2D eigenvalue weighted by molar-refractivity contribution is 7.91. The molecule has 0 radical (unpaired) electrons. The van der Waals surface area contributed by atoms with E-state index in [0.717, 1.165) is 43.2 Å². The minimum Gasteiger partial charge on any atom is -0.330 e. The van der Waals surface area contributed by atoms with Crippen LogP contribution in [0.4, 0.5) is 0 Å². The maximum Gasteiger partial charge on any atom is 0.157 e. The standard InChI is InChI=1S/C16H25NO2S/c1-13-7-5-6-9-15(13)12-20(18,19)16-10-4-2-3-8-14(16)11-17/h5-7,9,14,16H,2-4,8,10-12,17H2,1H3. The third kappa shape index (κ3) is 3.61. The minimum atomic E-state index is -3.12. The molecule has 1 aliphatic carbocycles. The lowest BCUT2D eigenvalue weighted by Gasteiger charge is -2.24. The van der Waals surface area contributed by atoms with E-state index in [1.54, 1.807) is 0 Å². The second-order valence-electron chi connectivity index (χ2n) is 5.91. The summed E-state index contributed by atoms with van der Waals surface area (Å²) in [6.45, 7) is 2.45. The van der Waals surface area contributed by atoms with Gasteiger partial charge in [0.15, 0.2) is 9.84 Å². The molecule has 0 bridgehead atoms. The molecule has 1 aromatic rings. The van der Waals surface area contributed by atoms with Gasteiger partial charge in [0.1, 0.15) is 0 Å². The summed E-state index contributed by atoms with van der Waals surface area (Å²) >= 11 is 0. The molecular formula is C16H25NO2S. The molecule has 0 aliphatic heterocycles. The largest absolute Gasteiger partial charge is 0.330 e. The zero-order chi connectivity index (χ0) is 14.6. The molecule has 1 fully saturated rings. The quantitative estimate of drug-likeness (QED) is 0.869. The van der Waals surface area contributed by atoms with Gasteiger partial charge in [0.2, 0.25) is 0 Å². The summed E-state index contributed by atoms with van der Waals surface area (Å²) in [5.74, 6) is 0.285. The molecule has 3 nitrogen and oxygen atoms in total. The molecular weight excluding hydrogens is 270 g/mol. The predicted octanol–water partition coefficient (Wildman–Crippen LogP) is 2.82. The number of benzene rings is 1. The fraction of sp³-hybridized carbons (Fsp3) is 0.625. The number of rotatable bonds is 4. The van der Waals surface area contributed by atoms with Crippen LogP contribution < -0.4 is 5.73 Å². The minimum absolute atomic E-state index is 0.131. The molecule has 20 heavy (non-hydrogen) atoms. The fourth-order valence-electron chi connectivity index (χ4n) is 3.19. The van der Waals surface area contributed by atoms with Crippen LogP contribution in [0, 0.1) is 12.8 Å². The van der Waals surface area contributed by atoms with E-state index in [1.807, 2.05) is 31.2 Å². The van der Waals surface area contributed by atoms with Crippen molar-refractivity contribution < 1.29 is 8.42 Å². The SMILES string of the molecule is Cc1ccccc1CS(=O)(=O)C1CCCCCC1CN. The summed E-state index contributed by atoms with van der Waals surface area (Å²) in [6.07, 6.45) is 4.98. The number of nitrogens with two attached hydrogens (primary N) is 1. The monoisotopic (exact) mass is 295 g/mol. The van der Waals surface area contributed by atoms with E-state index in [4.69, 9.17) is 5.73 Å². The van der Waals surface area contributed by atoms with Crippen molar-refractivity contribution >= 4 is 9.84 Å². The summed E-state index contributed by atoms with van der Waals surface area (Å²) < 4.78 is 25.5. The van der Waals surface area contributed by atoms with Gasteiger partial charge in [0.05, 0.1) is 11.0 Å². The van der Waals surface area contributed by atoms with Crippen molar-refractivity contribution in [3.05, 3.63) is 35.4 Å². The maximum absolute atomic E-state index is 12.8. The zero-order valence-electron chi connectivity index (χ0n) is 12.2. The maximum atomic E-state index is 12.8. The molecule has 2 atom stereocenters. The van der Waals surface area contributed by atoms with E-state index in [1.165, 1.54) is 0 Å². The first kappa shape index (κ1) is 15.5. The second-order valence-corrected chi connectivity index (χ2v) is 8.13. The number of sulfone groups is 1. The molecule has 0 spiro atoms. The summed E-state index contributed by atoms with van der Waals surface area (Å²) in [4.78, 5) is 0. The van der Waals surface area contributed by atoms with Gasteiger partial charge in [0.25, 0.3) is 0 Å². The molecule has 2 rings (SSSR count). The zero-order valence-corrected chi connectivity index (χ0v) is 13.0. The van der Waals surface area contributed by atoms with Crippen molar-refractivity contribution in [2.45, 2.75) is 50.0 Å². The molecule has 2 N–H and O–H groups in total. The fourth-order valence-corrected chi connectivity index (χ4v) is 5.52. The first-order valence-electron chi connectivity index (χ1n) is 7.50. The van der Waals surface area contributed by atoms with Gasteiger partial charge in [-0.05, 0) is 43.4 Å². The van der Waals surface area contributed by atoms with Gasteiger partial charge < -0.3 is 5.73 Å². The lowest BCUT2D eigenvalue weighted by molar-refractivity contribution is 0.456. The number of hydrogen-bond acceptors (Lipinski definition) is 3. The predicted molar refractivity (Wildman–Crippen MR) is 83.2 cm³/mol. The van der Waals surface area contributed by atoms with Crippen LogP contribution >= 0.6 is 0 Å². The first-order chi connectivity index (χ1) is 9.54. The van der Waals surface area contributed by atoms with Gasteiger partial charge in [0, 0.05) is 0 Å². The van der Waals surface area contributed by atoms with Crippen LogP contribution in [-0.2, 0) is 15.6 Å². The Labute approximate surface area is 122 Å². The van der Waals surface area contributed by atoms with Crippen LogP contribution in [0.15, 0.2) is 24.3 Å². The second kappa shape index (κ2) is 6.72. The van der Waals surface area contributed by atoms with E-state index in [2.05, 4.69) is 0 Å². The lowest BCUT2D eigenvalue weighted by atomic mass is 10.0. The molecule has 0 aromatic heterocycles. The van der Waals surface area contributed by atoms with Crippen LogP contribution in [0.3, 0.4) is 0 Å². The summed E-state index contributed by atoms with van der Waals surface area (Å²) in [5.41, 5.74) is 7.79. The average molecular weight is 295 g/mol. The van der Waals surface area contributed by atoms with Crippen molar-refractivity contribution in [1.82, 2.24) is 0 Å². The lowest BCUT2D eigenvalue weighted by Crippen LogP contribution is -2.34. The normalized spacial score (nSPS) is 24.3. The molecule has 112 valence electrons. The summed E-state index contributed by atoms with van der Waals surface area (Å²) in [7, 11) is -3.12. The highest BCUT2D eigenvalue weighted by atomic mass is 32.2. The van der Waals surface area contributed by atoms with Crippen LogP contribution in [0.2, 0.25) is 0 Å². The van der Waals surface area contributed by atoms with Crippen molar-refractivity contribution in [3.8, 4) is 0 Å². The van der Waals surface area contributed by atoms with Crippen LogP contribution in [-0.4, -0.2) is 20.2 Å². The highest BCUT2D eigenvalue weighted by Crippen LogP contribution is 2.30. The Hall–Kier alpha value is -0.870. The summed E-state index contributed by atoms with van der Waals surface area (Å²) in [5, 5.41) is -0.255. The Morgan fingerprint density at radius 1 is 1.15 bits per heavy atom. The molecule has 4 heteroatoms. The van der Waals surface area contributed by atoms with Crippen molar-refractivity contribution in [3.63, 3.8) is 0 Å². The van der Waals surface area contributed by atoms with Crippen molar-refractivity contribution in [1.29, 1.82) is 0 Å². The van der Waals surface area contributed by atoms with E-state index in [-0.39, 0.29) is 16.9 Å². The van der Waals surface area contributed by atoms with Gasteiger partial charge in [-0.25, -0.2) is 8.42 Å². The third-order valence-electron chi connectivity index (χ3n) is 4.47. The smallest absolute Gasteiger partial charge is 0.157 e. The van der Waals surface area contributed by atoms with Crippen LogP contribution in [0.25, 0.3) is 0 Å². The molecule has 0 amide bonds. The van der Waals surface area contributed by atoms with Crippen LogP contribution in [0.1, 0.15) is 43.2 Å². The molecule has 1 saturated carbocycles. The van der Waals surface area contributed by atoms with Gasteiger partial charge in [-0.3, -0.25) is 0 Å². The Bertz CT molecular complexity index is 539. The van der Waals surface area contributed by atoms with E-state index < -0.39 is 9.84 Å². The number of hydrogen-bond donors (Lipinski definition) is 1. The van der Waals surface area contributed by atoms with Gasteiger partial charge in [-0.15, -0.1) is 0 Å².